The van der Waals surface area contributed by atoms with Gasteiger partial charge in [0.1, 0.15) is 0 Å². The van der Waals surface area contributed by atoms with Crippen LogP contribution < -0.4 is 0 Å². The van der Waals surface area contributed by atoms with Gasteiger partial charge in [0.25, 0.3) is 0 Å². The van der Waals surface area contributed by atoms with Crippen LogP contribution in [0.3, 0.4) is 0 Å². The molecule has 0 saturated carbocycles. The van der Waals surface area contributed by atoms with Gasteiger partial charge in [-0.2, -0.15) is 4.80 Å². The second-order valence-corrected chi connectivity index (χ2v) is 3.87. The zero-order chi connectivity index (χ0) is 9.90. The standard InChI is InChI=1S/C9H14N4/c1-5-6-7-8-10-12-13(11-8)9(2,3)4/h1H,6-7H2,2-4H3. The van der Waals surface area contributed by atoms with Gasteiger partial charge in [0, 0.05) is 12.8 Å². The van der Waals surface area contributed by atoms with Gasteiger partial charge in [-0.1, -0.05) is 0 Å². The Morgan fingerprint density at radius 2 is 2.15 bits per heavy atom. The zero-order valence-corrected chi connectivity index (χ0v) is 8.28. The summed E-state index contributed by atoms with van der Waals surface area (Å²) in [5.41, 5.74) is -0.110. The van der Waals surface area contributed by atoms with Gasteiger partial charge < -0.3 is 0 Å². The van der Waals surface area contributed by atoms with Crippen molar-refractivity contribution in [2.24, 2.45) is 0 Å². The normalized spacial score (nSPS) is 11.2. The molecule has 0 fully saturated rings. The van der Waals surface area contributed by atoms with Crippen LogP contribution in [0.25, 0.3) is 0 Å². The third kappa shape index (κ3) is 2.55. The minimum Gasteiger partial charge on any atom is -0.159 e. The number of nitrogens with zero attached hydrogens (tertiary/aromatic N) is 4. The van der Waals surface area contributed by atoms with Gasteiger partial charge in [-0.05, 0) is 26.0 Å². The highest BCUT2D eigenvalue weighted by Gasteiger charge is 2.16. The van der Waals surface area contributed by atoms with Crippen LogP contribution in [0, 0.1) is 12.3 Å². The van der Waals surface area contributed by atoms with Crippen LogP contribution in [0.1, 0.15) is 33.0 Å². The van der Waals surface area contributed by atoms with Crippen LogP contribution in [0.15, 0.2) is 0 Å². The van der Waals surface area contributed by atoms with E-state index in [4.69, 9.17) is 6.42 Å². The van der Waals surface area contributed by atoms with Crippen molar-refractivity contribution < 1.29 is 0 Å². The lowest BCUT2D eigenvalue weighted by Crippen LogP contribution is -2.24. The van der Waals surface area contributed by atoms with Gasteiger partial charge in [-0.3, -0.25) is 0 Å². The average Bonchev–Trinajstić information content (AvgIpc) is 2.47. The van der Waals surface area contributed by atoms with E-state index in [9.17, 15) is 0 Å². The van der Waals surface area contributed by atoms with Gasteiger partial charge in [0.05, 0.1) is 5.54 Å². The monoisotopic (exact) mass is 178 g/mol. The van der Waals surface area contributed by atoms with Crippen LogP contribution in [0.4, 0.5) is 0 Å². The summed E-state index contributed by atoms with van der Waals surface area (Å²) in [7, 11) is 0. The van der Waals surface area contributed by atoms with Crippen LogP contribution >= 0.6 is 0 Å². The number of rotatable bonds is 2. The molecule has 1 aromatic heterocycles. The van der Waals surface area contributed by atoms with E-state index in [1.54, 1.807) is 4.80 Å². The lowest BCUT2D eigenvalue weighted by molar-refractivity contribution is 0.305. The summed E-state index contributed by atoms with van der Waals surface area (Å²) < 4.78 is 0. The van der Waals surface area contributed by atoms with E-state index in [1.165, 1.54) is 0 Å². The molecule has 13 heavy (non-hydrogen) atoms. The summed E-state index contributed by atoms with van der Waals surface area (Å²) in [6.07, 6.45) is 6.50. The van der Waals surface area contributed by atoms with Gasteiger partial charge in [0.15, 0.2) is 5.82 Å². The molecular formula is C9H14N4. The highest BCUT2D eigenvalue weighted by Crippen LogP contribution is 2.09. The maximum absolute atomic E-state index is 5.14. The van der Waals surface area contributed by atoms with E-state index in [2.05, 4.69) is 21.3 Å². The van der Waals surface area contributed by atoms with E-state index in [1.807, 2.05) is 20.8 Å². The predicted octanol–water partition coefficient (Wildman–Crippen LogP) is 0.994. The van der Waals surface area contributed by atoms with Gasteiger partial charge >= 0.3 is 0 Å². The first-order valence-electron chi connectivity index (χ1n) is 4.27. The Morgan fingerprint density at radius 3 is 2.62 bits per heavy atom. The second-order valence-electron chi connectivity index (χ2n) is 3.87. The summed E-state index contributed by atoms with van der Waals surface area (Å²) in [5, 5.41) is 12.1. The average molecular weight is 178 g/mol. The first kappa shape index (κ1) is 9.72. The lowest BCUT2D eigenvalue weighted by atomic mass is 10.1. The Morgan fingerprint density at radius 1 is 1.46 bits per heavy atom. The molecule has 0 N–H and O–H groups in total. The molecule has 0 saturated heterocycles. The van der Waals surface area contributed by atoms with E-state index < -0.39 is 0 Å². The van der Waals surface area contributed by atoms with Crippen molar-refractivity contribution in [3.63, 3.8) is 0 Å². The fourth-order valence-corrected chi connectivity index (χ4v) is 0.811. The summed E-state index contributed by atoms with van der Waals surface area (Å²) in [4.78, 5) is 1.61. The molecule has 0 spiro atoms. The molecule has 70 valence electrons. The van der Waals surface area contributed by atoms with Crippen molar-refractivity contribution in [1.82, 2.24) is 20.2 Å². The number of aryl methyl sites for hydroxylation is 1. The van der Waals surface area contributed by atoms with Gasteiger partial charge in [-0.15, -0.1) is 22.5 Å². The minimum atomic E-state index is -0.110. The van der Waals surface area contributed by atoms with Crippen molar-refractivity contribution in [1.29, 1.82) is 0 Å². The van der Waals surface area contributed by atoms with Crippen molar-refractivity contribution >= 4 is 0 Å². The van der Waals surface area contributed by atoms with Crippen molar-refractivity contribution in [3.8, 4) is 12.3 Å². The molecule has 1 aromatic rings. The predicted molar refractivity (Wildman–Crippen MR) is 50.0 cm³/mol. The SMILES string of the molecule is C#CCCc1nnn(C(C)(C)C)n1. The van der Waals surface area contributed by atoms with Crippen molar-refractivity contribution in [3.05, 3.63) is 5.82 Å². The van der Waals surface area contributed by atoms with Crippen LogP contribution in [0.2, 0.25) is 0 Å². The van der Waals surface area contributed by atoms with E-state index in [0.29, 0.717) is 18.7 Å². The number of terminal acetylenes is 1. The molecule has 0 amide bonds. The molecular weight excluding hydrogens is 164 g/mol. The molecule has 0 aliphatic heterocycles. The first-order chi connectivity index (χ1) is 6.04. The summed E-state index contributed by atoms with van der Waals surface area (Å²) in [6, 6.07) is 0. The third-order valence-corrected chi connectivity index (χ3v) is 1.55. The zero-order valence-electron chi connectivity index (χ0n) is 8.28. The number of aromatic nitrogens is 4. The Kier molecular flexibility index (Phi) is 2.66. The molecule has 0 unspecified atom stereocenters. The van der Waals surface area contributed by atoms with Crippen LogP contribution in [-0.4, -0.2) is 20.2 Å². The first-order valence-corrected chi connectivity index (χ1v) is 4.27. The molecule has 1 rings (SSSR count). The Labute approximate surface area is 78.3 Å². The van der Waals surface area contributed by atoms with E-state index in [0.717, 1.165) is 0 Å². The van der Waals surface area contributed by atoms with Crippen LogP contribution in [0.5, 0.6) is 0 Å². The summed E-state index contributed by atoms with van der Waals surface area (Å²) >= 11 is 0. The third-order valence-electron chi connectivity index (χ3n) is 1.55. The molecule has 1 heterocycles. The summed E-state index contributed by atoms with van der Waals surface area (Å²) in [6.45, 7) is 6.08. The largest absolute Gasteiger partial charge is 0.175 e. The maximum Gasteiger partial charge on any atom is 0.175 e. The number of tetrazole rings is 1. The molecule has 0 radical (unpaired) electrons. The number of hydrogen-bond donors (Lipinski definition) is 0. The maximum atomic E-state index is 5.14. The molecule has 4 heteroatoms. The minimum absolute atomic E-state index is 0.110. The topological polar surface area (TPSA) is 43.6 Å². The van der Waals surface area contributed by atoms with Gasteiger partial charge in [-0.25, -0.2) is 0 Å². The Balaban J connectivity index is 2.71. The molecule has 0 atom stereocenters. The second kappa shape index (κ2) is 3.56. The Hall–Kier alpha value is -1.37. The lowest BCUT2D eigenvalue weighted by Gasteiger charge is -2.15. The molecule has 0 aliphatic rings. The quantitative estimate of drug-likeness (QED) is 0.634. The molecule has 0 aromatic carbocycles. The van der Waals surface area contributed by atoms with E-state index in [-0.39, 0.29) is 5.54 Å². The van der Waals surface area contributed by atoms with Gasteiger partial charge in [0.2, 0.25) is 0 Å². The summed E-state index contributed by atoms with van der Waals surface area (Å²) in [5.74, 6) is 3.26. The molecule has 0 aliphatic carbocycles. The number of hydrogen-bond acceptors (Lipinski definition) is 3. The smallest absolute Gasteiger partial charge is 0.159 e. The molecule has 4 nitrogen and oxygen atoms in total. The highest BCUT2D eigenvalue weighted by atomic mass is 15.6. The van der Waals surface area contributed by atoms with E-state index >= 15 is 0 Å². The van der Waals surface area contributed by atoms with Crippen molar-refractivity contribution in [2.75, 3.05) is 0 Å². The van der Waals surface area contributed by atoms with Crippen molar-refractivity contribution in [2.45, 2.75) is 39.2 Å². The van der Waals surface area contributed by atoms with Crippen LogP contribution in [-0.2, 0) is 12.0 Å². The fourth-order valence-electron chi connectivity index (χ4n) is 0.811. The molecule has 0 bridgehead atoms. The highest BCUT2D eigenvalue weighted by molar-refractivity contribution is 4.90. The fraction of sp³-hybridized carbons (Fsp3) is 0.667. The Bertz CT molecular complexity index is 313.